The SMILES string of the molecule is O=C(COc1nnc(-c2ccccc2)o1)N1CCc2sccc2C1. The zero-order chi connectivity index (χ0) is 16.4. The van der Waals surface area contributed by atoms with Gasteiger partial charge in [0.15, 0.2) is 6.61 Å². The summed E-state index contributed by atoms with van der Waals surface area (Å²) in [6.07, 6.45) is 0.910. The van der Waals surface area contributed by atoms with Crippen molar-refractivity contribution in [3.8, 4) is 17.5 Å². The molecule has 0 bridgehead atoms. The molecule has 3 heterocycles. The van der Waals surface area contributed by atoms with E-state index in [1.807, 2.05) is 30.3 Å². The lowest BCUT2D eigenvalue weighted by Gasteiger charge is -2.26. The summed E-state index contributed by atoms with van der Waals surface area (Å²) in [7, 11) is 0. The van der Waals surface area contributed by atoms with Gasteiger partial charge in [-0.3, -0.25) is 4.79 Å². The zero-order valence-electron chi connectivity index (χ0n) is 12.8. The molecule has 0 saturated heterocycles. The van der Waals surface area contributed by atoms with Crippen LogP contribution in [-0.2, 0) is 17.8 Å². The molecule has 0 aliphatic carbocycles. The van der Waals surface area contributed by atoms with E-state index in [0.29, 0.717) is 12.4 Å². The molecule has 3 aromatic rings. The number of aromatic nitrogens is 2. The molecule has 6 nitrogen and oxygen atoms in total. The molecule has 0 spiro atoms. The van der Waals surface area contributed by atoms with Crippen molar-refractivity contribution < 1.29 is 13.9 Å². The van der Waals surface area contributed by atoms with Crippen LogP contribution in [0.1, 0.15) is 10.4 Å². The van der Waals surface area contributed by atoms with Gasteiger partial charge in [-0.05, 0) is 35.6 Å². The number of amides is 1. The maximum Gasteiger partial charge on any atom is 0.415 e. The minimum absolute atomic E-state index is 0.00966. The highest BCUT2D eigenvalue weighted by Crippen LogP contribution is 2.24. The van der Waals surface area contributed by atoms with Crippen molar-refractivity contribution in [3.63, 3.8) is 0 Å². The molecule has 0 saturated carbocycles. The molecular weight excluding hydrogens is 326 g/mol. The van der Waals surface area contributed by atoms with Crippen molar-refractivity contribution in [3.05, 3.63) is 52.2 Å². The van der Waals surface area contributed by atoms with Gasteiger partial charge < -0.3 is 14.1 Å². The summed E-state index contributed by atoms with van der Waals surface area (Å²) in [5, 5.41) is 9.83. The van der Waals surface area contributed by atoms with Crippen LogP contribution in [0.15, 0.2) is 46.2 Å². The Hall–Kier alpha value is -2.67. The Labute approximate surface area is 142 Å². The molecule has 0 radical (unpaired) electrons. The summed E-state index contributed by atoms with van der Waals surface area (Å²) >= 11 is 1.75. The molecule has 4 rings (SSSR count). The molecule has 1 aliphatic heterocycles. The summed E-state index contributed by atoms with van der Waals surface area (Å²) < 4.78 is 10.8. The third-order valence-electron chi connectivity index (χ3n) is 3.91. The molecule has 122 valence electrons. The summed E-state index contributed by atoms with van der Waals surface area (Å²) in [6, 6.07) is 11.5. The third kappa shape index (κ3) is 3.03. The van der Waals surface area contributed by atoms with E-state index in [0.717, 1.165) is 18.5 Å². The fourth-order valence-electron chi connectivity index (χ4n) is 2.64. The predicted molar refractivity (Wildman–Crippen MR) is 88.7 cm³/mol. The second kappa shape index (κ2) is 6.45. The minimum atomic E-state index is -0.101. The first-order chi connectivity index (χ1) is 11.8. The van der Waals surface area contributed by atoms with Crippen LogP contribution in [0.3, 0.4) is 0 Å². The number of carbonyl (C=O) groups excluding carboxylic acids is 1. The van der Waals surface area contributed by atoms with Crippen LogP contribution >= 0.6 is 11.3 Å². The number of hydrogen-bond donors (Lipinski definition) is 0. The Balaban J connectivity index is 1.36. The van der Waals surface area contributed by atoms with Gasteiger partial charge >= 0.3 is 6.08 Å². The third-order valence-corrected chi connectivity index (χ3v) is 4.93. The number of rotatable bonds is 4. The van der Waals surface area contributed by atoms with Crippen molar-refractivity contribution in [1.82, 2.24) is 15.1 Å². The largest absolute Gasteiger partial charge is 0.439 e. The molecular formula is C17H15N3O3S. The molecule has 0 N–H and O–H groups in total. The van der Waals surface area contributed by atoms with Gasteiger partial charge in [-0.2, -0.15) is 0 Å². The highest BCUT2D eigenvalue weighted by molar-refractivity contribution is 7.10. The molecule has 1 amide bonds. The van der Waals surface area contributed by atoms with Crippen molar-refractivity contribution in [2.75, 3.05) is 13.2 Å². The van der Waals surface area contributed by atoms with E-state index in [9.17, 15) is 4.79 Å². The summed E-state index contributed by atoms with van der Waals surface area (Å²) in [5.74, 6) is 0.297. The van der Waals surface area contributed by atoms with E-state index < -0.39 is 0 Å². The molecule has 0 unspecified atom stereocenters. The lowest BCUT2D eigenvalue weighted by molar-refractivity contribution is -0.134. The summed E-state index contributed by atoms with van der Waals surface area (Å²) in [4.78, 5) is 15.5. The molecule has 0 atom stereocenters. The van der Waals surface area contributed by atoms with Gasteiger partial charge in [0.2, 0.25) is 0 Å². The predicted octanol–water partition coefficient (Wildman–Crippen LogP) is 2.76. The van der Waals surface area contributed by atoms with Crippen LogP contribution in [0.4, 0.5) is 0 Å². The minimum Gasteiger partial charge on any atom is -0.439 e. The normalized spacial score (nSPS) is 13.6. The Morgan fingerprint density at radius 3 is 3.00 bits per heavy atom. The fourth-order valence-corrected chi connectivity index (χ4v) is 3.53. The number of hydrogen-bond acceptors (Lipinski definition) is 6. The van der Waals surface area contributed by atoms with Crippen LogP contribution in [-0.4, -0.2) is 34.2 Å². The molecule has 24 heavy (non-hydrogen) atoms. The maximum absolute atomic E-state index is 12.3. The van der Waals surface area contributed by atoms with Gasteiger partial charge in [0.05, 0.1) is 0 Å². The van der Waals surface area contributed by atoms with Gasteiger partial charge in [-0.15, -0.1) is 16.4 Å². The standard InChI is InChI=1S/C17H15N3O3S/c21-15(20-8-6-14-13(10-20)7-9-24-14)11-22-17-19-18-16(23-17)12-4-2-1-3-5-12/h1-5,7,9H,6,8,10-11H2. The smallest absolute Gasteiger partial charge is 0.415 e. The van der Waals surface area contributed by atoms with E-state index in [-0.39, 0.29) is 18.6 Å². The monoisotopic (exact) mass is 341 g/mol. The zero-order valence-corrected chi connectivity index (χ0v) is 13.7. The maximum atomic E-state index is 12.3. The van der Waals surface area contributed by atoms with E-state index in [4.69, 9.17) is 9.15 Å². The first kappa shape index (κ1) is 14.9. The number of ether oxygens (including phenoxy) is 1. The van der Waals surface area contributed by atoms with Crippen LogP contribution in [0.25, 0.3) is 11.5 Å². The van der Waals surface area contributed by atoms with Crippen LogP contribution < -0.4 is 4.74 Å². The van der Waals surface area contributed by atoms with E-state index in [2.05, 4.69) is 21.6 Å². The Morgan fingerprint density at radius 2 is 2.12 bits per heavy atom. The first-order valence-electron chi connectivity index (χ1n) is 7.64. The lowest BCUT2D eigenvalue weighted by atomic mass is 10.1. The van der Waals surface area contributed by atoms with Crippen LogP contribution in [0.5, 0.6) is 6.08 Å². The summed E-state index contributed by atoms with van der Waals surface area (Å²) in [6.45, 7) is 1.25. The van der Waals surface area contributed by atoms with Gasteiger partial charge in [-0.1, -0.05) is 23.3 Å². The number of nitrogens with zero attached hydrogens (tertiary/aromatic N) is 3. The molecule has 1 aromatic carbocycles. The molecule has 2 aromatic heterocycles. The lowest BCUT2D eigenvalue weighted by Crippen LogP contribution is -2.38. The van der Waals surface area contributed by atoms with Crippen molar-refractivity contribution in [1.29, 1.82) is 0 Å². The fraction of sp³-hybridized carbons (Fsp3) is 0.235. The topological polar surface area (TPSA) is 68.5 Å². The number of benzene rings is 1. The molecule has 0 fully saturated rings. The van der Waals surface area contributed by atoms with E-state index in [1.54, 1.807) is 16.2 Å². The van der Waals surface area contributed by atoms with Gasteiger partial charge in [-0.25, -0.2) is 0 Å². The van der Waals surface area contributed by atoms with Crippen molar-refractivity contribution in [2.45, 2.75) is 13.0 Å². The Morgan fingerprint density at radius 1 is 1.25 bits per heavy atom. The second-order valence-electron chi connectivity index (χ2n) is 5.46. The molecule has 1 aliphatic rings. The number of carbonyl (C=O) groups is 1. The second-order valence-corrected chi connectivity index (χ2v) is 6.46. The number of fused-ring (bicyclic) bond motifs is 1. The van der Waals surface area contributed by atoms with Crippen molar-refractivity contribution in [2.24, 2.45) is 0 Å². The van der Waals surface area contributed by atoms with E-state index >= 15 is 0 Å². The quantitative estimate of drug-likeness (QED) is 0.730. The molecule has 7 heteroatoms. The average Bonchev–Trinajstić information content (AvgIpc) is 3.29. The average molecular weight is 341 g/mol. The highest BCUT2D eigenvalue weighted by atomic mass is 32.1. The van der Waals surface area contributed by atoms with Crippen LogP contribution in [0.2, 0.25) is 0 Å². The number of thiophene rings is 1. The van der Waals surface area contributed by atoms with Gasteiger partial charge in [0, 0.05) is 23.5 Å². The highest BCUT2D eigenvalue weighted by Gasteiger charge is 2.22. The Bertz CT molecular complexity index is 844. The van der Waals surface area contributed by atoms with Crippen molar-refractivity contribution >= 4 is 17.2 Å². The van der Waals surface area contributed by atoms with Crippen LogP contribution in [0, 0.1) is 0 Å². The Kier molecular flexibility index (Phi) is 4.00. The van der Waals surface area contributed by atoms with E-state index in [1.165, 1.54) is 10.4 Å². The first-order valence-corrected chi connectivity index (χ1v) is 8.52. The van der Waals surface area contributed by atoms with Gasteiger partial charge in [0.1, 0.15) is 0 Å². The van der Waals surface area contributed by atoms with Gasteiger partial charge in [0.25, 0.3) is 11.8 Å². The summed E-state index contributed by atoms with van der Waals surface area (Å²) in [5.41, 5.74) is 2.04.